The summed E-state index contributed by atoms with van der Waals surface area (Å²) in [7, 11) is 0. The minimum absolute atomic E-state index is 0.307. The van der Waals surface area contributed by atoms with Crippen molar-refractivity contribution in [3.63, 3.8) is 0 Å². The van der Waals surface area contributed by atoms with Gasteiger partial charge in [-0.05, 0) is 25.1 Å². The van der Waals surface area contributed by atoms with Gasteiger partial charge in [0.05, 0.1) is 0 Å². The van der Waals surface area contributed by atoms with E-state index in [1.807, 2.05) is 19.2 Å². The maximum Gasteiger partial charge on any atom is 0.0446 e. The number of hydrogen-bond acceptors (Lipinski definition) is 2. The molecule has 1 unspecified atom stereocenters. The molecular formula is C12H16N2. The van der Waals surface area contributed by atoms with Gasteiger partial charge in [-0.15, -0.1) is 11.8 Å². The van der Waals surface area contributed by atoms with Crippen LogP contribution in [0.1, 0.15) is 31.9 Å². The second kappa shape index (κ2) is 6.17. The van der Waals surface area contributed by atoms with E-state index >= 15 is 0 Å². The van der Waals surface area contributed by atoms with Crippen molar-refractivity contribution in [2.24, 2.45) is 0 Å². The third kappa shape index (κ3) is 3.20. The predicted molar refractivity (Wildman–Crippen MR) is 58.7 cm³/mol. The van der Waals surface area contributed by atoms with Gasteiger partial charge >= 0.3 is 0 Å². The topological polar surface area (TPSA) is 24.9 Å². The highest BCUT2D eigenvalue weighted by molar-refractivity contribution is 5.16. The molecule has 0 aliphatic carbocycles. The molecular weight excluding hydrogens is 172 g/mol. The molecule has 0 aliphatic heterocycles. The summed E-state index contributed by atoms with van der Waals surface area (Å²) in [6, 6.07) is 4.35. The Hall–Kier alpha value is -1.33. The Labute approximate surface area is 85.8 Å². The van der Waals surface area contributed by atoms with E-state index < -0.39 is 0 Å². The molecule has 0 saturated carbocycles. The first-order valence-corrected chi connectivity index (χ1v) is 4.91. The average Bonchev–Trinajstić information content (AvgIpc) is 2.25. The molecule has 14 heavy (non-hydrogen) atoms. The molecule has 0 saturated heterocycles. The summed E-state index contributed by atoms with van der Waals surface area (Å²) in [6.45, 7) is 4.92. The zero-order valence-electron chi connectivity index (χ0n) is 8.75. The largest absolute Gasteiger partial charge is 0.309 e. The fraction of sp³-hybridized carbons (Fsp3) is 0.417. The molecule has 1 rings (SSSR count). The molecule has 1 aromatic rings. The Morgan fingerprint density at radius 1 is 1.57 bits per heavy atom. The van der Waals surface area contributed by atoms with Crippen LogP contribution in [0.2, 0.25) is 0 Å². The number of hydrogen-bond donors (Lipinski definition) is 1. The summed E-state index contributed by atoms with van der Waals surface area (Å²) >= 11 is 0. The number of aromatic nitrogens is 1. The van der Waals surface area contributed by atoms with E-state index in [0.29, 0.717) is 6.04 Å². The van der Waals surface area contributed by atoms with Gasteiger partial charge in [0.2, 0.25) is 0 Å². The Morgan fingerprint density at radius 3 is 3.00 bits per heavy atom. The first-order valence-electron chi connectivity index (χ1n) is 4.91. The zero-order chi connectivity index (χ0) is 10.2. The van der Waals surface area contributed by atoms with Gasteiger partial charge in [0.15, 0.2) is 0 Å². The number of pyridine rings is 1. The molecule has 74 valence electrons. The van der Waals surface area contributed by atoms with E-state index in [1.54, 1.807) is 6.20 Å². The van der Waals surface area contributed by atoms with E-state index in [2.05, 4.69) is 35.1 Å². The molecule has 0 bridgehead atoms. The van der Waals surface area contributed by atoms with Crippen LogP contribution >= 0.6 is 0 Å². The number of nitrogens with one attached hydrogen (secondary N) is 1. The van der Waals surface area contributed by atoms with E-state index in [4.69, 9.17) is 0 Å². The van der Waals surface area contributed by atoms with Crippen LogP contribution in [-0.2, 0) is 0 Å². The first kappa shape index (κ1) is 10.7. The maximum atomic E-state index is 4.11. The highest BCUT2D eigenvalue weighted by atomic mass is 14.9. The van der Waals surface area contributed by atoms with Crippen LogP contribution in [0.3, 0.4) is 0 Å². The van der Waals surface area contributed by atoms with Crippen molar-refractivity contribution in [2.75, 3.05) is 6.54 Å². The van der Waals surface area contributed by atoms with Crippen LogP contribution in [0.15, 0.2) is 24.5 Å². The first-order chi connectivity index (χ1) is 6.88. The summed E-state index contributed by atoms with van der Waals surface area (Å²) in [5.74, 6) is 6.01. The van der Waals surface area contributed by atoms with E-state index in [9.17, 15) is 0 Å². The Bertz CT molecular complexity index is 308. The van der Waals surface area contributed by atoms with Gasteiger partial charge in [0, 0.05) is 24.9 Å². The van der Waals surface area contributed by atoms with Gasteiger partial charge in [-0.1, -0.05) is 13.0 Å². The summed E-state index contributed by atoms with van der Waals surface area (Å²) in [5, 5.41) is 3.39. The lowest BCUT2D eigenvalue weighted by molar-refractivity contribution is 0.563. The maximum absolute atomic E-state index is 4.11. The van der Waals surface area contributed by atoms with Crippen molar-refractivity contribution in [1.82, 2.24) is 10.3 Å². The molecule has 0 spiro atoms. The fourth-order valence-corrected chi connectivity index (χ4v) is 1.34. The van der Waals surface area contributed by atoms with Gasteiger partial charge in [0.1, 0.15) is 0 Å². The Balaban J connectivity index is 2.70. The smallest absolute Gasteiger partial charge is 0.0446 e. The molecule has 0 radical (unpaired) electrons. The van der Waals surface area contributed by atoms with Crippen molar-refractivity contribution in [3.8, 4) is 11.8 Å². The lowest BCUT2D eigenvalue weighted by Gasteiger charge is -2.14. The third-order valence-corrected chi connectivity index (χ3v) is 2.02. The minimum Gasteiger partial charge on any atom is -0.309 e. The standard InChI is InChI=1S/C12H16N2/c1-3-5-8-12(14-4-2)11-7-6-9-13-10-11/h6-7,9-10,12,14H,4,8H2,1-2H3. The monoisotopic (exact) mass is 188 g/mol. The normalized spacial score (nSPS) is 11.6. The summed E-state index contributed by atoms with van der Waals surface area (Å²) in [4.78, 5) is 4.11. The van der Waals surface area contributed by atoms with Crippen LogP contribution < -0.4 is 5.32 Å². The van der Waals surface area contributed by atoms with Gasteiger partial charge in [-0.2, -0.15) is 0 Å². The lowest BCUT2D eigenvalue weighted by Crippen LogP contribution is -2.20. The third-order valence-electron chi connectivity index (χ3n) is 2.02. The highest BCUT2D eigenvalue weighted by Gasteiger charge is 2.07. The molecule has 1 aromatic heterocycles. The molecule has 1 N–H and O–H groups in total. The van der Waals surface area contributed by atoms with Gasteiger partial charge in [-0.3, -0.25) is 4.98 Å². The predicted octanol–water partition coefficient (Wildman–Crippen LogP) is 2.15. The second-order valence-corrected chi connectivity index (χ2v) is 3.03. The van der Waals surface area contributed by atoms with Crippen LogP contribution in [0, 0.1) is 11.8 Å². The highest BCUT2D eigenvalue weighted by Crippen LogP contribution is 2.14. The number of nitrogens with zero attached hydrogens (tertiary/aromatic N) is 1. The van der Waals surface area contributed by atoms with Crippen LogP contribution in [0.25, 0.3) is 0 Å². The molecule has 2 heteroatoms. The molecule has 0 amide bonds. The van der Waals surface area contributed by atoms with E-state index in [1.165, 1.54) is 5.56 Å². The molecule has 1 heterocycles. The van der Waals surface area contributed by atoms with Crippen molar-refractivity contribution >= 4 is 0 Å². The lowest BCUT2D eigenvalue weighted by atomic mass is 10.1. The van der Waals surface area contributed by atoms with Crippen molar-refractivity contribution in [3.05, 3.63) is 30.1 Å². The van der Waals surface area contributed by atoms with Crippen LogP contribution in [0.5, 0.6) is 0 Å². The van der Waals surface area contributed by atoms with Crippen molar-refractivity contribution < 1.29 is 0 Å². The Morgan fingerprint density at radius 2 is 2.43 bits per heavy atom. The van der Waals surface area contributed by atoms with Gasteiger partial charge < -0.3 is 5.32 Å². The molecule has 0 aromatic carbocycles. The summed E-state index contributed by atoms with van der Waals surface area (Å²) in [5.41, 5.74) is 1.21. The van der Waals surface area contributed by atoms with Crippen LogP contribution in [-0.4, -0.2) is 11.5 Å². The van der Waals surface area contributed by atoms with Crippen molar-refractivity contribution in [1.29, 1.82) is 0 Å². The second-order valence-electron chi connectivity index (χ2n) is 3.03. The zero-order valence-corrected chi connectivity index (χ0v) is 8.75. The SMILES string of the molecule is CC#CCC(NCC)c1cccnc1. The van der Waals surface area contributed by atoms with Gasteiger partial charge in [-0.25, -0.2) is 0 Å². The molecule has 0 fully saturated rings. The Kier molecular flexibility index (Phi) is 4.74. The number of rotatable bonds is 4. The van der Waals surface area contributed by atoms with E-state index in [-0.39, 0.29) is 0 Å². The fourth-order valence-electron chi connectivity index (χ4n) is 1.34. The summed E-state index contributed by atoms with van der Waals surface area (Å²) in [6.07, 6.45) is 4.53. The average molecular weight is 188 g/mol. The molecule has 2 nitrogen and oxygen atoms in total. The van der Waals surface area contributed by atoms with Crippen LogP contribution in [0.4, 0.5) is 0 Å². The van der Waals surface area contributed by atoms with Crippen molar-refractivity contribution in [2.45, 2.75) is 26.3 Å². The minimum atomic E-state index is 0.307. The summed E-state index contributed by atoms with van der Waals surface area (Å²) < 4.78 is 0. The molecule has 1 atom stereocenters. The van der Waals surface area contributed by atoms with Gasteiger partial charge in [0.25, 0.3) is 0 Å². The molecule has 0 aliphatic rings. The quantitative estimate of drug-likeness (QED) is 0.732. The van der Waals surface area contributed by atoms with E-state index in [0.717, 1.165) is 13.0 Å².